The molecular weight excluding hydrogens is 244 g/mol. The number of carbonyl (C=O) groups is 1. The molecule has 0 aromatic carbocycles. The first-order valence-corrected chi connectivity index (χ1v) is 6.73. The number of rotatable bonds is 4. The van der Waals surface area contributed by atoms with E-state index in [1.165, 1.54) is 0 Å². The number of nitrogens with zero attached hydrogens (tertiary/aromatic N) is 4. The van der Waals surface area contributed by atoms with Gasteiger partial charge in [0.15, 0.2) is 5.82 Å². The third-order valence-electron chi connectivity index (χ3n) is 3.42. The Morgan fingerprint density at radius 1 is 1.53 bits per heavy atom. The molecule has 19 heavy (non-hydrogen) atoms. The molecular formula is C13H22N4O2. The first-order chi connectivity index (χ1) is 8.97. The molecule has 6 heteroatoms. The Morgan fingerprint density at radius 3 is 2.84 bits per heavy atom. The van der Waals surface area contributed by atoms with Gasteiger partial charge in [0.05, 0.1) is 12.5 Å². The Hall–Kier alpha value is -1.43. The van der Waals surface area contributed by atoms with Crippen molar-refractivity contribution in [3.8, 4) is 0 Å². The van der Waals surface area contributed by atoms with Crippen LogP contribution in [0.2, 0.25) is 0 Å². The van der Waals surface area contributed by atoms with E-state index in [2.05, 4.69) is 15.0 Å². The van der Waals surface area contributed by atoms with E-state index < -0.39 is 0 Å². The zero-order valence-corrected chi connectivity index (χ0v) is 12.1. The summed E-state index contributed by atoms with van der Waals surface area (Å²) in [7, 11) is 3.61. The van der Waals surface area contributed by atoms with Crippen LogP contribution in [0, 0.1) is 5.92 Å². The highest BCUT2D eigenvalue weighted by Crippen LogP contribution is 2.20. The van der Waals surface area contributed by atoms with Crippen LogP contribution in [0.15, 0.2) is 4.52 Å². The van der Waals surface area contributed by atoms with E-state index in [0.29, 0.717) is 12.4 Å². The largest absolute Gasteiger partial charge is 0.349 e. The fourth-order valence-electron chi connectivity index (χ4n) is 2.30. The van der Waals surface area contributed by atoms with E-state index >= 15 is 0 Å². The summed E-state index contributed by atoms with van der Waals surface area (Å²) in [4.78, 5) is 20.1. The third-order valence-corrected chi connectivity index (χ3v) is 3.42. The summed E-state index contributed by atoms with van der Waals surface area (Å²) in [5, 5.41) is 3.95. The summed E-state index contributed by atoms with van der Waals surface area (Å²) in [6.07, 6.45) is 0.905. The molecule has 1 aliphatic heterocycles. The van der Waals surface area contributed by atoms with Crippen molar-refractivity contribution < 1.29 is 9.32 Å². The van der Waals surface area contributed by atoms with E-state index in [1.807, 2.05) is 13.8 Å². The van der Waals surface area contributed by atoms with Gasteiger partial charge in [0.1, 0.15) is 0 Å². The van der Waals surface area contributed by atoms with Gasteiger partial charge in [-0.25, -0.2) is 0 Å². The molecule has 1 fully saturated rings. The summed E-state index contributed by atoms with van der Waals surface area (Å²) < 4.78 is 5.23. The van der Waals surface area contributed by atoms with Gasteiger partial charge in [-0.15, -0.1) is 0 Å². The Balaban J connectivity index is 1.89. The summed E-state index contributed by atoms with van der Waals surface area (Å²) in [6.45, 7) is 6.39. The number of aromatic nitrogens is 2. The lowest BCUT2D eigenvalue weighted by Crippen LogP contribution is -2.31. The van der Waals surface area contributed by atoms with Crippen LogP contribution in [0.1, 0.15) is 37.9 Å². The lowest BCUT2D eigenvalue weighted by molar-refractivity contribution is -0.132. The Labute approximate surface area is 113 Å². The number of hydrogen-bond acceptors (Lipinski definition) is 5. The summed E-state index contributed by atoms with van der Waals surface area (Å²) in [5.74, 6) is 1.97. The van der Waals surface area contributed by atoms with Gasteiger partial charge in [-0.05, 0) is 13.0 Å². The van der Waals surface area contributed by atoms with Gasteiger partial charge < -0.3 is 9.42 Å². The van der Waals surface area contributed by atoms with Crippen molar-refractivity contribution >= 4 is 5.91 Å². The van der Waals surface area contributed by atoms with Gasteiger partial charge >= 0.3 is 0 Å². The minimum Gasteiger partial charge on any atom is -0.349 e. The lowest BCUT2D eigenvalue weighted by Gasteiger charge is -2.16. The highest BCUT2D eigenvalue weighted by molar-refractivity contribution is 5.78. The van der Waals surface area contributed by atoms with Crippen LogP contribution in [0.4, 0.5) is 0 Å². The SMILES string of the molecule is CC(C)c1noc(CN2CCC(C(=O)N(C)C)C2)n1. The molecule has 1 aromatic rings. The molecule has 0 bridgehead atoms. The van der Waals surface area contributed by atoms with E-state index in [9.17, 15) is 4.79 Å². The third kappa shape index (κ3) is 3.32. The van der Waals surface area contributed by atoms with Crippen molar-refractivity contribution in [2.75, 3.05) is 27.2 Å². The fraction of sp³-hybridized carbons (Fsp3) is 0.769. The average molecular weight is 266 g/mol. The normalized spacial score (nSPS) is 20.2. The van der Waals surface area contributed by atoms with E-state index in [4.69, 9.17) is 4.52 Å². The zero-order chi connectivity index (χ0) is 14.0. The van der Waals surface area contributed by atoms with Gasteiger partial charge in [-0.1, -0.05) is 19.0 Å². The van der Waals surface area contributed by atoms with Crippen LogP contribution in [-0.2, 0) is 11.3 Å². The average Bonchev–Trinajstić information content (AvgIpc) is 2.97. The molecule has 1 aliphatic rings. The molecule has 0 saturated carbocycles. The Morgan fingerprint density at radius 2 is 2.26 bits per heavy atom. The predicted molar refractivity (Wildman–Crippen MR) is 70.5 cm³/mol. The molecule has 2 heterocycles. The number of likely N-dealkylation sites (tertiary alicyclic amines) is 1. The van der Waals surface area contributed by atoms with Crippen LogP contribution in [0.3, 0.4) is 0 Å². The fourth-order valence-corrected chi connectivity index (χ4v) is 2.30. The topological polar surface area (TPSA) is 62.5 Å². The van der Waals surface area contributed by atoms with Gasteiger partial charge in [0, 0.05) is 26.6 Å². The number of hydrogen-bond donors (Lipinski definition) is 0. The first kappa shape index (κ1) is 14.0. The van der Waals surface area contributed by atoms with Crippen molar-refractivity contribution in [1.29, 1.82) is 0 Å². The molecule has 0 spiro atoms. The molecule has 1 aromatic heterocycles. The molecule has 106 valence electrons. The Kier molecular flexibility index (Phi) is 4.19. The van der Waals surface area contributed by atoms with E-state index in [-0.39, 0.29) is 17.7 Å². The summed E-state index contributed by atoms with van der Waals surface area (Å²) >= 11 is 0. The minimum absolute atomic E-state index is 0.0995. The standard InChI is InChI=1S/C13H22N4O2/c1-9(2)12-14-11(19-15-12)8-17-6-5-10(7-17)13(18)16(3)4/h9-10H,5-8H2,1-4H3. The molecule has 0 N–H and O–H groups in total. The summed E-state index contributed by atoms with van der Waals surface area (Å²) in [6, 6.07) is 0. The van der Waals surface area contributed by atoms with Gasteiger partial charge in [-0.2, -0.15) is 4.98 Å². The smallest absolute Gasteiger partial charge is 0.240 e. The summed E-state index contributed by atoms with van der Waals surface area (Å²) in [5.41, 5.74) is 0. The maximum Gasteiger partial charge on any atom is 0.240 e. The maximum atomic E-state index is 11.9. The number of amides is 1. The first-order valence-electron chi connectivity index (χ1n) is 6.73. The van der Waals surface area contributed by atoms with E-state index in [1.54, 1.807) is 19.0 Å². The second kappa shape index (κ2) is 5.69. The van der Waals surface area contributed by atoms with Crippen molar-refractivity contribution in [3.63, 3.8) is 0 Å². The highest BCUT2D eigenvalue weighted by Gasteiger charge is 2.30. The van der Waals surface area contributed by atoms with Crippen molar-refractivity contribution in [2.24, 2.45) is 5.92 Å². The monoisotopic (exact) mass is 266 g/mol. The molecule has 1 atom stereocenters. The quantitative estimate of drug-likeness (QED) is 0.816. The van der Waals surface area contributed by atoms with Gasteiger partial charge in [0.2, 0.25) is 11.8 Å². The molecule has 2 rings (SSSR count). The molecule has 1 saturated heterocycles. The molecule has 0 aliphatic carbocycles. The van der Waals surface area contributed by atoms with Gasteiger partial charge in [0.25, 0.3) is 0 Å². The maximum absolute atomic E-state index is 11.9. The van der Waals surface area contributed by atoms with Crippen molar-refractivity contribution in [3.05, 3.63) is 11.7 Å². The molecule has 6 nitrogen and oxygen atoms in total. The van der Waals surface area contributed by atoms with Crippen LogP contribution in [0.25, 0.3) is 0 Å². The highest BCUT2D eigenvalue weighted by atomic mass is 16.5. The second-order valence-electron chi connectivity index (χ2n) is 5.65. The predicted octanol–water partition coefficient (Wildman–Crippen LogP) is 1.10. The van der Waals surface area contributed by atoms with Crippen LogP contribution < -0.4 is 0 Å². The lowest BCUT2D eigenvalue weighted by atomic mass is 10.1. The number of carbonyl (C=O) groups excluding carboxylic acids is 1. The molecule has 0 radical (unpaired) electrons. The van der Waals surface area contributed by atoms with Crippen molar-refractivity contribution in [2.45, 2.75) is 32.7 Å². The molecule has 1 unspecified atom stereocenters. The van der Waals surface area contributed by atoms with Crippen LogP contribution >= 0.6 is 0 Å². The van der Waals surface area contributed by atoms with Crippen molar-refractivity contribution in [1.82, 2.24) is 19.9 Å². The zero-order valence-electron chi connectivity index (χ0n) is 12.1. The molecule has 1 amide bonds. The Bertz CT molecular complexity index is 442. The van der Waals surface area contributed by atoms with Gasteiger partial charge in [-0.3, -0.25) is 9.69 Å². The van der Waals surface area contributed by atoms with Crippen LogP contribution in [-0.4, -0.2) is 53.0 Å². The minimum atomic E-state index is 0.0995. The second-order valence-corrected chi connectivity index (χ2v) is 5.65. The van der Waals surface area contributed by atoms with Crippen LogP contribution in [0.5, 0.6) is 0 Å². The van der Waals surface area contributed by atoms with E-state index in [0.717, 1.165) is 25.3 Å².